The van der Waals surface area contributed by atoms with Crippen molar-refractivity contribution < 1.29 is 44.1 Å². The Kier molecular flexibility index (Phi) is 12.1. The third kappa shape index (κ3) is 9.74. The zero-order valence-corrected chi connectivity index (χ0v) is 26.3. The fourth-order valence-corrected chi connectivity index (χ4v) is 5.87. The molecular weight excluding hydrogens is 608 g/mol. The maximum Gasteiger partial charge on any atom is 0.297 e. The van der Waals surface area contributed by atoms with Gasteiger partial charge < -0.3 is 18.9 Å². The van der Waals surface area contributed by atoms with Crippen molar-refractivity contribution in [3.8, 4) is 11.5 Å². The molecule has 0 N–H and O–H groups in total. The number of aryl methyl sites for hydroxylation is 2. The lowest BCUT2D eigenvalue weighted by Gasteiger charge is -2.13. The molecular formula is C32H36O10S2. The van der Waals surface area contributed by atoms with Crippen molar-refractivity contribution in [2.75, 3.05) is 52.9 Å². The second-order valence-electron chi connectivity index (χ2n) is 9.71. The summed E-state index contributed by atoms with van der Waals surface area (Å²) in [5.41, 5.74) is 1.92. The summed E-state index contributed by atoms with van der Waals surface area (Å²) >= 11 is 0. The molecule has 0 aliphatic carbocycles. The first-order valence-corrected chi connectivity index (χ1v) is 16.8. The average molecular weight is 645 g/mol. The van der Waals surface area contributed by atoms with Crippen LogP contribution in [0, 0.1) is 13.8 Å². The average Bonchev–Trinajstić information content (AvgIpc) is 3.00. The highest BCUT2D eigenvalue weighted by molar-refractivity contribution is 7.87. The van der Waals surface area contributed by atoms with E-state index in [-0.39, 0.29) is 62.6 Å². The molecule has 10 nitrogen and oxygen atoms in total. The third-order valence-electron chi connectivity index (χ3n) is 6.36. The number of hydrogen-bond acceptors (Lipinski definition) is 10. The molecule has 236 valence electrons. The van der Waals surface area contributed by atoms with Crippen LogP contribution in [0.15, 0.2) is 94.7 Å². The van der Waals surface area contributed by atoms with E-state index >= 15 is 0 Å². The summed E-state index contributed by atoms with van der Waals surface area (Å²) in [5, 5.41) is 1.71. The summed E-state index contributed by atoms with van der Waals surface area (Å²) in [6.07, 6.45) is 0. The highest BCUT2D eigenvalue weighted by Crippen LogP contribution is 2.32. The van der Waals surface area contributed by atoms with Gasteiger partial charge in [-0.2, -0.15) is 16.8 Å². The first kappa shape index (κ1) is 33.4. The van der Waals surface area contributed by atoms with Crippen LogP contribution in [0.3, 0.4) is 0 Å². The van der Waals surface area contributed by atoms with Gasteiger partial charge in [0.25, 0.3) is 20.2 Å². The van der Waals surface area contributed by atoms with Crippen LogP contribution in [0.2, 0.25) is 0 Å². The van der Waals surface area contributed by atoms with Crippen molar-refractivity contribution in [1.82, 2.24) is 0 Å². The second-order valence-corrected chi connectivity index (χ2v) is 12.9. The smallest absolute Gasteiger partial charge is 0.297 e. The van der Waals surface area contributed by atoms with Crippen LogP contribution in [0.4, 0.5) is 0 Å². The number of benzene rings is 4. The highest BCUT2D eigenvalue weighted by Gasteiger charge is 2.15. The van der Waals surface area contributed by atoms with Crippen molar-refractivity contribution in [1.29, 1.82) is 0 Å². The normalized spacial score (nSPS) is 12.0. The van der Waals surface area contributed by atoms with Gasteiger partial charge >= 0.3 is 0 Å². The van der Waals surface area contributed by atoms with E-state index in [1.54, 1.807) is 24.3 Å². The van der Waals surface area contributed by atoms with Crippen molar-refractivity contribution >= 4 is 31.0 Å². The van der Waals surface area contributed by atoms with Gasteiger partial charge in [0.2, 0.25) is 0 Å². The topological polar surface area (TPSA) is 124 Å². The molecule has 0 spiro atoms. The van der Waals surface area contributed by atoms with E-state index in [4.69, 9.17) is 27.3 Å². The Labute approximate surface area is 258 Å². The molecule has 4 rings (SSSR count). The standard InChI is InChI=1S/C32H36O10S2/c1-25-9-13-27(14-10-25)43(33,34)41-23-19-37-17-21-39-31-7-3-6-30-29(31)5-4-8-32(30)40-22-18-38-20-24-42-44(35,36)28-15-11-26(2)12-16-28/h3-16H,17-24H2,1-2H3. The first-order chi connectivity index (χ1) is 21.2. The lowest BCUT2D eigenvalue weighted by Crippen LogP contribution is -2.14. The van der Waals surface area contributed by atoms with Gasteiger partial charge in [0.15, 0.2) is 0 Å². The van der Waals surface area contributed by atoms with E-state index in [0.717, 1.165) is 21.9 Å². The summed E-state index contributed by atoms with van der Waals surface area (Å²) in [4.78, 5) is 0.213. The fourth-order valence-electron chi connectivity index (χ4n) is 4.08. The quantitative estimate of drug-likeness (QED) is 0.107. The summed E-state index contributed by atoms with van der Waals surface area (Å²) in [7, 11) is -7.66. The molecule has 0 saturated carbocycles. The Morgan fingerprint density at radius 3 is 1.20 bits per heavy atom. The van der Waals surface area contributed by atoms with Crippen LogP contribution in [0.25, 0.3) is 10.8 Å². The molecule has 0 unspecified atom stereocenters. The Morgan fingerprint density at radius 1 is 0.455 bits per heavy atom. The molecule has 0 bridgehead atoms. The van der Waals surface area contributed by atoms with Gasteiger partial charge in [-0.1, -0.05) is 59.7 Å². The predicted octanol–water partition coefficient (Wildman–Crippen LogP) is 5.06. The van der Waals surface area contributed by atoms with Gasteiger partial charge in [-0.15, -0.1) is 0 Å². The minimum absolute atomic E-state index is 0.0960. The summed E-state index contributed by atoms with van der Waals surface area (Å²) in [6.45, 7) is 4.74. The van der Waals surface area contributed by atoms with Gasteiger partial charge in [0.05, 0.1) is 49.4 Å². The summed E-state index contributed by atoms with van der Waals surface area (Å²) in [6, 6.07) is 24.1. The zero-order chi connectivity index (χ0) is 31.4. The van der Waals surface area contributed by atoms with E-state index < -0.39 is 20.2 Å². The van der Waals surface area contributed by atoms with Crippen LogP contribution in [0.5, 0.6) is 11.5 Å². The van der Waals surface area contributed by atoms with Crippen molar-refractivity contribution in [3.63, 3.8) is 0 Å². The molecule has 0 atom stereocenters. The molecule has 0 fully saturated rings. The van der Waals surface area contributed by atoms with Crippen LogP contribution >= 0.6 is 0 Å². The molecule has 0 radical (unpaired) electrons. The Morgan fingerprint density at radius 2 is 0.818 bits per heavy atom. The molecule has 0 aliphatic rings. The van der Waals surface area contributed by atoms with Gasteiger partial charge in [-0.25, -0.2) is 0 Å². The largest absolute Gasteiger partial charge is 0.491 e. The molecule has 0 saturated heterocycles. The molecule has 0 heterocycles. The molecule has 4 aromatic rings. The third-order valence-corrected chi connectivity index (χ3v) is 9.02. The van der Waals surface area contributed by atoms with Gasteiger partial charge in [-0.05, 0) is 50.2 Å². The van der Waals surface area contributed by atoms with E-state index in [2.05, 4.69) is 0 Å². The number of rotatable bonds is 18. The van der Waals surface area contributed by atoms with E-state index in [1.165, 1.54) is 24.3 Å². The van der Waals surface area contributed by atoms with E-state index in [0.29, 0.717) is 11.5 Å². The summed E-state index contributed by atoms with van der Waals surface area (Å²) < 4.78 is 81.8. The number of fused-ring (bicyclic) bond motifs is 1. The molecule has 4 aromatic carbocycles. The highest BCUT2D eigenvalue weighted by atomic mass is 32.2. The minimum Gasteiger partial charge on any atom is -0.491 e. The lowest BCUT2D eigenvalue weighted by molar-refractivity contribution is 0.0779. The van der Waals surface area contributed by atoms with E-state index in [9.17, 15) is 16.8 Å². The molecule has 0 aliphatic heterocycles. The first-order valence-electron chi connectivity index (χ1n) is 14.0. The van der Waals surface area contributed by atoms with Crippen molar-refractivity contribution in [2.45, 2.75) is 23.6 Å². The Bertz CT molecular complexity index is 1570. The number of hydrogen-bond donors (Lipinski definition) is 0. The monoisotopic (exact) mass is 644 g/mol. The minimum atomic E-state index is -3.83. The van der Waals surface area contributed by atoms with Crippen LogP contribution in [-0.4, -0.2) is 69.7 Å². The summed E-state index contributed by atoms with van der Waals surface area (Å²) in [5.74, 6) is 1.30. The second kappa shape index (κ2) is 16.0. The van der Waals surface area contributed by atoms with Crippen LogP contribution in [-0.2, 0) is 38.1 Å². The zero-order valence-electron chi connectivity index (χ0n) is 24.6. The van der Waals surface area contributed by atoms with Gasteiger partial charge in [-0.3, -0.25) is 8.37 Å². The molecule has 0 aromatic heterocycles. The van der Waals surface area contributed by atoms with Crippen molar-refractivity contribution in [3.05, 3.63) is 96.1 Å². The molecule has 0 amide bonds. The van der Waals surface area contributed by atoms with Gasteiger partial charge in [0.1, 0.15) is 24.7 Å². The Balaban J connectivity index is 1.15. The maximum absolute atomic E-state index is 12.2. The fraction of sp³-hybridized carbons (Fsp3) is 0.312. The van der Waals surface area contributed by atoms with E-state index in [1.807, 2.05) is 50.2 Å². The Hall–Kier alpha value is -3.52. The molecule has 44 heavy (non-hydrogen) atoms. The van der Waals surface area contributed by atoms with Crippen LogP contribution < -0.4 is 9.47 Å². The lowest BCUT2D eigenvalue weighted by atomic mass is 10.1. The SMILES string of the molecule is Cc1ccc(S(=O)(=O)OCCOCCOc2cccc3c(OCCOCCOS(=O)(=O)c4ccc(C)cc4)cccc23)cc1. The molecule has 12 heteroatoms. The van der Waals surface area contributed by atoms with Crippen molar-refractivity contribution in [2.24, 2.45) is 0 Å². The van der Waals surface area contributed by atoms with Crippen LogP contribution in [0.1, 0.15) is 11.1 Å². The predicted molar refractivity (Wildman–Crippen MR) is 165 cm³/mol. The maximum atomic E-state index is 12.2. The number of ether oxygens (including phenoxy) is 4. The van der Waals surface area contributed by atoms with Gasteiger partial charge in [0, 0.05) is 10.8 Å².